The van der Waals surface area contributed by atoms with Crippen molar-refractivity contribution in [3.05, 3.63) is 108 Å². The van der Waals surface area contributed by atoms with Crippen LogP contribution in [0.2, 0.25) is 0 Å². The lowest BCUT2D eigenvalue weighted by atomic mass is 10.3. The first kappa shape index (κ1) is 21.6. The van der Waals surface area contributed by atoms with Gasteiger partial charge in [0.15, 0.2) is 5.06 Å². The topological polar surface area (TPSA) is 9.23 Å². The Morgan fingerprint density at radius 3 is 1.48 bits per heavy atom. The molecule has 0 N–H and O–H groups in total. The third kappa shape index (κ3) is 4.26. The number of hydrogen-bond donors (Lipinski definition) is 0. The van der Waals surface area contributed by atoms with Crippen molar-refractivity contribution in [1.29, 1.82) is 0 Å². The lowest BCUT2D eigenvalue weighted by Gasteiger charge is -2.27. The zero-order valence-corrected chi connectivity index (χ0v) is 19.1. The molecule has 0 unspecified atom stereocenters. The number of rotatable bonds is 6. The fourth-order valence-corrected chi connectivity index (χ4v) is 9.52. The zero-order valence-electron chi connectivity index (χ0n) is 16.6. The maximum Gasteiger partial charge on any atom is 0.173 e. The average molecular weight is 439 g/mol. The maximum atomic E-state index is 5.54. The first-order chi connectivity index (χ1) is 13.7. The van der Waals surface area contributed by atoms with E-state index in [4.69, 9.17) is 4.74 Å². The lowest BCUT2D eigenvalue weighted by molar-refractivity contribution is -0.00000573. The highest BCUT2D eigenvalue weighted by molar-refractivity contribution is 7.95. The number of methoxy groups -OCH3 is 1. The SMILES string of the molecule is COc1cc(C)c(C[P+](c2ccccc2)(c2ccccc2)c2ccccc2)s1.[Cl-]. The maximum absolute atomic E-state index is 5.54. The minimum Gasteiger partial charge on any atom is -1.00 e. The van der Waals surface area contributed by atoms with Gasteiger partial charge in [-0.25, -0.2) is 0 Å². The Kier molecular flexibility index (Phi) is 7.14. The Morgan fingerprint density at radius 1 is 0.724 bits per heavy atom. The van der Waals surface area contributed by atoms with E-state index in [0.29, 0.717) is 0 Å². The number of hydrogen-bond acceptors (Lipinski definition) is 2. The molecule has 0 radical (unpaired) electrons. The molecule has 4 rings (SSSR count). The van der Waals surface area contributed by atoms with Crippen molar-refractivity contribution in [2.24, 2.45) is 0 Å². The van der Waals surface area contributed by atoms with Crippen LogP contribution in [0.5, 0.6) is 5.06 Å². The van der Waals surface area contributed by atoms with Crippen molar-refractivity contribution in [1.82, 2.24) is 0 Å². The molecule has 0 aliphatic heterocycles. The van der Waals surface area contributed by atoms with Crippen LogP contribution in [0.15, 0.2) is 97.1 Å². The van der Waals surface area contributed by atoms with Crippen LogP contribution in [0, 0.1) is 6.92 Å². The highest BCUT2D eigenvalue weighted by Gasteiger charge is 2.46. The van der Waals surface area contributed by atoms with Gasteiger partial charge in [0.1, 0.15) is 29.3 Å². The van der Waals surface area contributed by atoms with Crippen molar-refractivity contribution in [2.45, 2.75) is 13.1 Å². The van der Waals surface area contributed by atoms with E-state index in [-0.39, 0.29) is 12.4 Å². The summed E-state index contributed by atoms with van der Waals surface area (Å²) in [7, 11) is -0.0914. The Bertz CT molecular complexity index is 936. The monoisotopic (exact) mass is 438 g/mol. The van der Waals surface area contributed by atoms with Crippen LogP contribution < -0.4 is 33.1 Å². The predicted octanol–water partition coefficient (Wildman–Crippen LogP) is 2.56. The third-order valence-corrected chi connectivity index (χ3v) is 10.9. The van der Waals surface area contributed by atoms with E-state index in [0.717, 1.165) is 11.2 Å². The summed E-state index contributed by atoms with van der Waals surface area (Å²) in [6.07, 6.45) is 1.00. The molecule has 0 aliphatic rings. The average Bonchev–Trinajstić information content (AvgIpc) is 3.13. The summed E-state index contributed by atoms with van der Waals surface area (Å²) in [5.74, 6) is 0. The molecule has 1 heterocycles. The van der Waals surface area contributed by atoms with E-state index in [9.17, 15) is 0 Å². The van der Waals surface area contributed by atoms with E-state index in [2.05, 4.69) is 104 Å². The number of benzene rings is 3. The number of ether oxygens (including phenoxy) is 1. The summed E-state index contributed by atoms with van der Waals surface area (Å²) in [6.45, 7) is 2.20. The van der Waals surface area contributed by atoms with Gasteiger partial charge in [-0.2, -0.15) is 0 Å². The fraction of sp³-hybridized carbons (Fsp3) is 0.120. The molecule has 0 fully saturated rings. The molecule has 0 saturated heterocycles. The van der Waals surface area contributed by atoms with Gasteiger partial charge in [-0.3, -0.25) is 0 Å². The summed E-state index contributed by atoms with van der Waals surface area (Å²) in [5.41, 5.74) is 1.31. The molecular weight excluding hydrogens is 415 g/mol. The second-order valence-corrected chi connectivity index (χ2v) is 11.4. The highest BCUT2D eigenvalue weighted by atomic mass is 35.5. The second-order valence-electron chi connectivity index (χ2n) is 6.85. The summed E-state index contributed by atoms with van der Waals surface area (Å²) in [4.78, 5) is 1.40. The molecule has 4 aromatic rings. The molecule has 0 atom stereocenters. The minimum absolute atomic E-state index is 0. The van der Waals surface area contributed by atoms with E-state index >= 15 is 0 Å². The molecule has 0 spiro atoms. The number of halogens is 1. The van der Waals surface area contributed by atoms with Gasteiger partial charge in [0.25, 0.3) is 0 Å². The fourth-order valence-electron chi connectivity index (χ4n) is 3.73. The Morgan fingerprint density at radius 2 is 1.14 bits per heavy atom. The molecule has 148 valence electrons. The van der Waals surface area contributed by atoms with Gasteiger partial charge in [-0.05, 0) is 55.0 Å². The van der Waals surface area contributed by atoms with Crippen LogP contribution >= 0.6 is 18.6 Å². The van der Waals surface area contributed by atoms with Gasteiger partial charge in [0, 0.05) is 4.88 Å². The highest BCUT2D eigenvalue weighted by Crippen LogP contribution is 2.59. The molecule has 0 bridgehead atoms. The van der Waals surface area contributed by atoms with E-state index in [1.54, 1.807) is 18.4 Å². The number of aryl methyl sites for hydroxylation is 1. The van der Waals surface area contributed by atoms with Crippen molar-refractivity contribution in [2.75, 3.05) is 7.11 Å². The second kappa shape index (κ2) is 9.59. The molecule has 0 saturated carbocycles. The van der Waals surface area contributed by atoms with Crippen molar-refractivity contribution < 1.29 is 17.1 Å². The predicted molar refractivity (Wildman–Crippen MR) is 124 cm³/mol. The van der Waals surface area contributed by atoms with Crippen molar-refractivity contribution in [3.63, 3.8) is 0 Å². The van der Waals surface area contributed by atoms with Crippen LogP contribution in [0.3, 0.4) is 0 Å². The van der Waals surface area contributed by atoms with Crippen molar-refractivity contribution in [3.8, 4) is 5.06 Å². The Hall–Kier alpha value is -2.12. The molecule has 1 aromatic heterocycles. The van der Waals surface area contributed by atoms with Gasteiger partial charge >= 0.3 is 0 Å². The summed E-state index contributed by atoms with van der Waals surface area (Å²) < 4.78 is 5.54. The van der Waals surface area contributed by atoms with Crippen LogP contribution in [0.25, 0.3) is 0 Å². The van der Waals surface area contributed by atoms with Crippen LogP contribution in [-0.2, 0) is 6.16 Å². The molecule has 4 heteroatoms. The zero-order chi connectivity index (χ0) is 19.4. The smallest absolute Gasteiger partial charge is 0.173 e. The largest absolute Gasteiger partial charge is 1.00 e. The molecule has 3 aromatic carbocycles. The summed E-state index contributed by atoms with van der Waals surface area (Å²) >= 11 is 1.78. The quantitative estimate of drug-likeness (QED) is 0.420. The van der Waals surface area contributed by atoms with E-state index in [1.807, 2.05) is 0 Å². The summed E-state index contributed by atoms with van der Waals surface area (Å²) in [5, 5.41) is 5.23. The molecule has 1 nitrogen and oxygen atoms in total. The normalized spacial score (nSPS) is 11.0. The number of thiophene rings is 1. The van der Waals surface area contributed by atoms with Crippen LogP contribution in [0.1, 0.15) is 10.4 Å². The van der Waals surface area contributed by atoms with Gasteiger partial charge in [0.05, 0.1) is 7.11 Å². The van der Waals surface area contributed by atoms with Crippen molar-refractivity contribution >= 4 is 34.5 Å². The van der Waals surface area contributed by atoms with Crippen LogP contribution in [-0.4, -0.2) is 7.11 Å². The van der Waals surface area contributed by atoms with E-state index in [1.165, 1.54) is 26.4 Å². The Labute approximate surface area is 184 Å². The molecule has 0 amide bonds. The lowest BCUT2D eigenvalue weighted by Crippen LogP contribution is -3.00. The first-order valence-electron chi connectivity index (χ1n) is 9.42. The standard InChI is InChI=1S/C25H24OPS.ClH/c1-20-18-25(26-2)28-24(20)19-27(21-12-6-3-7-13-21,22-14-8-4-9-15-22)23-16-10-5-11-17-23;/h3-18H,19H2,1-2H3;1H/q+1;/p-1. The van der Waals surface area contributed by atoms with Gasteiger partial charge in [0.2, 0.25) is 0 Å². The van der Waals surface area contributed by atoms with Gasteiger partial charge in [-0.1, -0.05) is 54.6 Å². The Balaban J connectivity index is 0.00000240. The van der Waals surface area contributed by atoms with E-state index < -0.39 is 7.26 Å². The van der Waals surface area contributed by atoms with Gasteiger partial charge < -0.3 is 17.1 Å². The summed E-state index contributed by atoms with van der Waals surface area (Å²) in [6, 6.07) is 35.3. The molecule has 0 aliphatic carbocycles. The third-order valence-electron chi connectivity index (χ3n) is 5.17. The molecule has 29 heavy (non-hydrogen) atoms. The van der Waals surface area contributed by atoms with Gasteiger partial charge in [-0.15, -0.1) is 11.3 Å². The van der Waals surface area contributed by atoms with Crippen LogP contribution in [0.4, 0.5) is 0 Å². The minimum atomic E-state index is -1.84. The first-order valence-corrected chi connectivity index (χ1v) is 12.2. The molecular formula is C25H24ClOPS.